The molecule has 20 heavy (non-hydrogen) atoms. The minimum absolute atomic E-state index is 0.0455. The van der Waals surface area contributed by atoms with E-state index >= 15 is 0 Å². The van der Waals surface area contributed by atoms with E-state index in [1.54, 1.807) is 0 Å². The predicted molar refractivity (Wildman–Crippen MR) is 71.4 cm³/mol. The summed E-state index contributed by atoms with van der Waals surface area (Å²) < 4.78 is 5.33. The van der Waals surface area contributed by atoms with Crippen LogP contribution in [0.15, 0.2) is 27.4 Å². The number of hydrogen-bond donors (Lipinski definition) is 4. The molecule has 0 aliphatic rings. The summed E-state index contributed by atoms with van der Waals surface area (Å²) >= 11 is 0. The molecule has 0 spiro atoms. The number of benzene rings is 2. The number of rotatable bonds is 0. The van der Waals surface area contributed by atoms with E-state index in [-0.39, 0.29) is 33.3 Å². The van der Waals surface area contributed by atoms with Crippen LogP contribution in [0.3, 0.4) is 0 Å². The molecule has 3 rings (SSSR count). The SMILES string of the molecule is Cc1c(O)c(O)c(O)c2oc3c(O)cccc3c(=O)c12. The van der Waals surface area contributed by atoms with Gasteiger partial charge in [-0.3, -0.25) is 4.79 Å². The summed E-state index contributed by atoms with van der Waals surface area (Å²) in [7, 11) is 0. The summed E-state index contributed by atoms with van der Waals surface area (Å²) in [6, 6.07) is 4.28. The first-order valence-electron chi connectivity index (χ1n) is 5.75. The summed E-state index contributed by atoms with van der Waals surface area (Å²) in [6.07, 6.45) is 0. The van der Waals surface area contributed by atoms with E-state index in [0.717, 1.165) is 0 Å². The van der Waals surface area contributed by atoms with Crippen molar-refractivity contribution in [1.82, 2.24) is 0 Å². The van der Waals surface area contributed by atoms with E-state index in [1.165, 1.54) is 25.1 Å². The summed E-state index contributed by atoms with van der Waals surface area (Å²) in [5, 5.41) is 38.9. The molecule has 0 aliphatic carbocycles. The van der Waals surface area contributed by atoms with Crippen molar-refractivity contribution in [2.45, 2.75) is 6.92 Å². The zero-order valence-electron chi connectivity index (χ0n) is 10.3. The van der Waals surface area contributed by atoms with Gasteiger partial charge in [-0.15, -0.1) is 0 Å². The topological polar surface area (TPSA) is 111 Å². The molecule has 0 aliphatic heterocycles. The molecule has 3 aromatic rings. The fraction of sp³-hybridized carbons (Fsp3) is 0.0714. The molecular formula is C14H10O6. The Morgan fingerprint density at radius 1 is 0.950 bits per heavy atom. The second kappa shape index (κ2) is 3.80. The highest BCUT2D eigenvalue weighted by molar-refractivity contribution is 5.98. The lowest BCUT2D eigenvalue weighted by atomic mass is 10.0. The third kappa shape index (κ3) is 1.36. The molecule has 0 atom stereocenters. The van der Waals surface area contributed by atoms with E-state index in [1.807, 2.05) is 0 Å². The maximum absolute atomic E-state index is 12.4. The Morgan fingerprint density at radius 3 is 2.35 bits per heavy atom. The van der Waals surface area contributed by atoms with Crippen LogP contribution in [0.2, 0.25) is 0 Å². The lowest BCUT2D eigenvalue weighted by Gasteiger charge is -2.10. The van der Waals surface area contributed by atoms with E-state index in [9.17, 15) is 25.2 Å². The van der Waals surface area contributed by atoms with Crippen LogP contribution in [-0.4, -0.2) is 20.4 Å². The Hall–Kier alpha value is -2.89. The van der Waals surface area contributed by atoms with Gasteiger partial charge in [-0.1, -0.05) is 6.07 Å². The van der Waals surface area contributed by atoms with Crippen molar-refractivity contribution >= 4 is 21.9 Å². The number of aryl methyl sites for hydroxylation is 1. The average molecular weight is 274 g/mol. The van der Waals surface area contributed by atoms with Gasteiger partial charge in [0.05, 0.1) is 10.8 Å². The van der Waals surface area contributed by atoms with Crippen molar-refractivity contribution in [2.75, 3.05) is 0 Å². The second-order valence-electron chi connectivity index (χ2n) is 4.46. The van der Waals surface area contributed by atoms with Crippen LogP contribution in [-0.2, 0) is 0 Å². The molecule has 4 N–H and O–H groups in total. The van der Waals surface area contributed by atoms with E-state index in [0.29, 0.717) is 0 Å². The van der Waals surface area contributed by atoms with Crippen molar-refractivity contribution in [3.63, 3.8) is 0 Å². The van der Waals surface area contributed by atoms with Gasteiger partial charge in [0, 0.05) is 5.56 Å². The molecular weight excluding hydrogens is 264 g/mol. The Kier molecular flexibility index (Phi) is 2.31. The van der Waals surface area contributed by atoms with Crippen LogP contribution in [0.25, 0.3) is 21.9 Å². The van der Waals surface area contributed by atoms with Crippen LogP contribution in [0.4, 0.5) is 0 Å². The van der Waals surface area contributed by atoms with Gasteiger partial charge in [-0.2, -0.15) is 0 Å². The van der Waals surface area contributed by atoms with Gasteiger partial charge in [0.1, 0.15) is 0 Å². The number of aromatic hydroxyl groups is 4. The number of fused-ring (bicyclic) bond motifs is 2. The van der Waals surface area contributed by atoms with Crippen LogP contribution in [0, 0.1) is 6.92 Å². The highest BCUT2D eigenvalue weighted by Crippen LogP contribution is 2.44. The maximum Gasteiger partial charge on any atom is 0.205 e. The molecule has 6 nitrogen and oxygen atoms in total. The van der Waals surface area contributed by atoms with Crippen molar-refractivity contribution < 1.29 is 24.8 Å². The normalized spacial score (nSPS) is 11.2. The summed E-state index contributed by atoms with van der Waals surface area (Å²) in [4.78, 5) is 12.4. The predicted octanol–water partition coefficient (Wildman–Crippen LogP) is 2.08. The first kappa shape index (κ1) is 12.2. The van der Waals surface area contributed by atoms with Crippen LogP contribution < -0.4 is 5.43 Å². The Morgan fingerprint density at radius 2 is 1.65 bits per heavy atom. The lowest BCUT2D eigenvalue weighted by Crippen LogP contribution is -2.04. The third-order valence-corrected chi connectivity index (χ3v) is 3.29. The Labute approximate surface area is 111 Å². The molecule has 0 radical (unpaired) electrons. The fourth-order valence-corrected chi connectivity index (χ4v) is 2.22. The Balaban J connectivity index is 2.72. The van der Waals surface area contributed by atoms with E-state index in [4.69, 9.17) is 4.42 Å². The first-order chi connectivity index (χ1) is 9.43. The summed E-state index contributed by atoms with van der Waals surface area (Å²) in [5.74, 6) is -2.36. The molecule has 0 saturated heterocycles. The number of hydrogen-bond acceptors (Lipinski definition) is 6. The smallest absolute Gasteiger partial charge is 0.205 e. The van der Waals surface area contributed by atoms with E-state index in [2.05, 4.69) is 0 Å². The van der Waals surface area contributed by atoms with Crippen molar-refractivity contribution in [1.29, 1.82) is 0 Å². The standard InChI is InChI=1S/C14H10O6/c1-5-8-10(17)6-3-2-4-7(15)13(6)20-14(8)12(19)11(18)9(5)16/h2-4,15-16,18-19H,1H3. The van der Waals surface area contributed by atoms with Crippen molar-refractivity contribution in [3.8, 4) is 23.0 Å². The molecule has 1 aromatic heterocycles. The third-order valence-electron chi connectivity index (χ3n) is 3.29. The summed E-state index contributed by atoms with van der Waals surface area (Å²) in [6.45, 7) is 1.42. The quantitative estimate of drug-likeness (QED) is 0.369. The molecule has 1 heterocycles. The van der Waals surface area contributed by atoms with Gasteiger partial charge in [0.25, 0.3) is 0 Å². The van der Waals surface area contributed by atoms with Gasteiger partial charge in [-0.05, 0) is 19.1 Å². The van der Waals surface area contributed by atoms with Gasteiger partial charge in [-0.25, -0.2) is 0 Å². The molecule has 2 aromatic carbocycles. The number of phenols is 4. The maximum atomic E-state index is 12.4. The van der Waals surface area contributed by atoms with Gasteiger partial charge in [0.15, 0.2) is 22.7 Å². The molecule has 102 valence electrons. The molecule has 0 bridgehead atoms. The lowest BCUT2D eigenvalue weighted by molar-refractivity contribution is 0.365. The number of para-hydroxylation sites is 1. The van der Waals surface area contributed by atoms with Gasteiger partial charge >= 0.3 is 0 Å². The fourth-order valence-electron chi connectivity index (χ4n) is 2.22. The van der Waals surface area contributed by atoms with Crippen LogP contribution >= 0.6 is 0 Å². The zero-order valence-corrected chi connectivity index (χ0v) is 10.3. The monoisotopic (exact) mass is 274 g/mol. The van der Waals surface area contributed by atoms with Crippen LogP contribution in [0.1, 0.15) is 5.56 Å². The minimum atomic E-state index is -0.770. The highest BCUT2D eigenvalue weighted by Gasteiger charge is 2.22. The second-order valence-corrected chi connectivity index (χ2v) is 4.46. The molecule has 6 heteroatoms. The average Bonchev–Trinajstić information content (AvgIpc) is 2.43. The largest absolute Gasteiger partial charge is 0.504 e. The number of phenolic OH excluding ortho intramolecular Hbond substituents is 4. The molecule has 0 unspecified atom stereocenters. The van der Waals surface area contributed by atoms with Crippen molar-refractivity contribution in [3.05, 3.63) is 34.0 Å². The molecule has 0 amide bonds. The molecule has 0 fully saturated rings. The minimum Gasteiger partial charge on any atom is -0.504 e. The Bertz CT molecular complexity index is 923. The zero-order chi connectivity index (χ0) is 14.6. The van der Waals surface area contributed by atoms with E-state index < -0.39 is 22.7 Å². The van der Waals surface area contributed by atoms with Gasteiger partial charge in [0.2, 0.25) is 16.9 Å². The van der Waals surface area contributed by atoms with Gasteiger partial charge < -0.3 is 24.8 Å². The molecule has 0 saturated carbocycles. The summed E-state index contributed by atoms with van der Waals surface area (Å²) in [5.41, 5.74) is -0.795. The highest BCUT2D eigenvalue weighted by atomic mass is 16.4. The van der Waals surface area contributed by atoms with Crippen LogP contribution in [0.5, 0.6) is 23.0 Å². The first-order valence-corrected chi connectivity index (χ1v) is 5.75. The van der Waals surface area contributed by atoms with Crippen molar-refractivity contribution in [2.24, 2.45) is 0 Å².